The SMILES string of the molecule is Cc1ccc(S(=O)(=O)N(C)CCCc2cc(-c3ccc(F)cc3)n[nH]2)cc1[N+](=O)[O-]. The van der Waals surface area contributed by atoms with Gasteiger partial charge in [-0.2, -0.15) is 5.10 Å². The lowest BCUT2D eigenvalue weighted by Gasteiger charge is -2.17. The molecule has 0 radical (unpaired) electrons. The molecule has 2 aromatic carbocycles. The van der Waals surface area contributed by atoms with E-state index in [0.717, 1.165) is 17.3 Å². The average molecular weight is 432 g/mol. The van der Waals surface area contributed by atoms with Gasteiger partial charge in [-0.15, -0.1) is 0 Å². The van der Waals surface area contributed by atoms with E-state index in [1.54, 1.807) is 19.1 Å². The number of aromatic nitrogens is 2. The van der Waals surface area contributed by atoms with E-state index in [1.165, 1.54) is 35.6 Å². The van der Waals surface area contributed by atoms with Crippen LogP contribution in [0.5, 0.6) is 0 Å². The largest absolute Gasteiger partial charge is 0.282 e. The van der Waals surface area contributed by atoms with Crippen LogP contribution in [-0.2, 0) is 16.4 Å². The van der Waals surface area contributed by atoms with Crippen LogP contribution in [0.3, 0.4) is 0 Å². The molecule has 0 aliphatic heterocycles. The van der Waals surface area contributed by atoms with Crippen LogP contribution < -0.4 is 0 Å². The van der Waals surface area contributed by atoms with E-state index in [9.17, 15) is 22.9 Å². The van der Waals surface area contributed by atoms with Crippen LogP contribution in [0.25, 0.3) is 11.3 Å². The molecule has 1 N–H and O–H groups in total. The molecule has 8 nitrogen and oxygen atoms in total. The topological polar surface area (TPSA) is 109 Å². The zero-order valence-corrected chi connectivity index (χ0v) is 17.3. The van der Waals surface area contributed by atoms with Crippen molar-refractivity contribution in [3.8, 4) is 11.3 Å². The predicted octanol–water partition coefficient (Wildman–Crippen LogP) is 3.69. The molecule has 0 saturated heterocycles. The summed E-state index contributed by atoms with van der Waals surface area (Å²) < 4.78 is 39.7. The van der Waals surface area contributed by atoms with Crippen molar-refractivity contribution >= 4 is 15.7 Å². The molecule has 0 aliphatic rings. The lowest BCUT2D eigenvalue weighted by atomic mass is 10.1. The van der Waals surface area contributed by atoms with Gasteiger partial charge in [-0.3, -0.25) is 15.2 Å². The molecule has 0 fully saturated rings. The summed E-state index contributed by atoms with van der Waals surface area (Å²) in [5.74, 6) is -0.322. The molecule has 3 rings (SSSR count). The van der Waals surface area contributed by atoms with Crippen LogP contribution in [0, 0.1) is 22.9 Å². The Labute approximate surface area is 173 Å². The molecule has 10 heteroatoms. The Morgan fingerprint density at radius 2 is 1.87 bits per heavy atom. The molecular weight excluding hydrogens is 411 g/mol. The van der Waals surface area contributed by atoms with Crippen molar-refractivity contribution in [1.82, 2.24) is 14.5 Å². The smallest absolute Gasteiger partial charge is 0.273 e. The number of nitrogens with zero attached hydrogens (tertiary/aromatic N) is 3. The molecule has 0 saturated carbocycles. The van der Waals surface area contributed by atoms with Gasteiger partial charge in [0.1, 0.15) is 5.82 Å². The number of benzene rings is 2. The third kappa shape index (κ3) is 4.71. The quantitative estimate of drug-likeness (QED) is 0.431. The van der Waals surface area contributed by atoms with Gasteiger partial charge in [0.2, 0.25) is 10.0 Å². The van der Waals surface area contributed by atoms with E-state index >= 15 is 0 Å². The molecule has 0 unspecified atom stereocenters. The Morgan fingerprint density at radius 1 is 1.17 bits per heavy atom. The van der Waals surface area contributed by atoms with Gasteiger partial charge < -0.3 is 0 Å². The van der Waals surface area contributed by atoms with E-state index in [1.807, 2.05) is 6.07 Å². The summed E-state index contributed by atoms with van der Waals surface area (Å²) >= 11 is 0. The zero-order chi connectivity index (χ0) is 21.9. The Kier molecular flexibility index (Phi) is 6.28. The Bertz CT molecular complexity index is 1160. The van der Waals surface area contributed by atoms with Crippen molar-refractivity contribution in [3.63, 3.8) is 0 Å². The highest BCUT2D eigenvalue weighted by Crippen LogP contribution is 2.24. The summed E-state index contributed by atoms with van der Waals surface area (Å²) in [6, 6.07) is 11.7. The summed E-state index contributed by atoms with van der Waals surface area (Å²) in [7, 11) is -2.40. The first-order chi connectivity index (χ1) is 14.2. The van der Waals surface area contributed by atoms with Gasteiger partial charge in [0.25, 0.3) is 5.69 Å². The fourth-order valence-electron chi connectivity index (χ4n) is 3.00. The second-order valence-electron chi connectivity index (χ2n) is 6.92. The van der Waals surface area contributed by atoms with Gasteiger partial charge in [0.15, 0.2) is 0 Å². The molecule has 0 aliphatic carbocycles. The number of nitro groups is 1. The number of hydrogen-bond donors (Lipinski definition) is 1. The van der Waals surface area contributed by atoms with Gasteiger partial charge in [-0.1, -0.05) is 6.07 Å². The van der Waals surface area contributed by atoms with Crippen molar-refractivity contribution in [3.05, 3.63) is 75.7 Å². The summed E-state index contributed by atoms with van der Waals surface area (Å²) in [5.41, 5.74) is 2.46. The van der Waals surface area contributed by atoms with E-state index in [0.29, 0.717) is 24.1 Å². The summed E-state index contributed by atoms with van der Waals surface area (Å²) in [6.07, 6.45) is 1.08. The molecule has 0 atom stereocenters. The Morgan fingerprint density at radius 3 is 2.53 bits per heavy atom. The van der Waals surface area contributed by atoms with Crippen LogP contribution in [0.4, 0.5) is 10.1 Å². The third-order valence-electron chi connectivity index (χ3n) is 4.78. The lowest BCUT2D eigenvalue weighted by Crippen LogP contribution is -2.28. The summed E-state index contributed by atoms with van der Waals surface area (Å²) in [5, 5.41) is 18.2. The third-order valence-corrected chi connectivity index (χ3v) is 6.63. The highest BCUT2D eigenvalue weighted by molar-refractivity contribution is 7.89. The standard InChI is InChI=1S/C20H21FN4O4S/c1-14-5-10-18(13-20(14)25(26)27)30(28,29)24(2)11-3-4-17-12-19(23-22-17)15-6-8-16(21)9-7-15/h5-10,12-13H,3-4,11H2,1-2H3,(H,22,23). The van der Waals surface area contributed by atoms with Gasteiger partial charge in [-0.25, -0.2) is 17.1 Å². The van der Waals surface area contributed by atoms with Gasteiger partial charge in [0, 0.05) is 36.5 Å². The van der Waals surface area contributed by atoms with Crippen LogP contribution in [0.1, 0.15) is 17.7 Å². The normalized spacial score (nSPS) is 11.7. The predicted molar refractivity (Wildman–Crippen MR) is 110 cm³/mol. The molecule has 0 bridgehead atoms. The monoisotopic (exact) mass is 432 g/mol. The first-order valence-electron chi connectivity index (χ1n) is 9.20. The number of rotatable bonds is 8. The number of halogens is 1. The van der Waals surface area contributed by atoms with Crippen molar-refractivity contribution in [2.45, 2.75) is 24.7 Å². The zero-order valence-electron chi connectivity index (χ0n) is 16.5. The molecular formula is C20H21FN4O4S. The number of nitrogens with one attached hydrogen (secondary N) is 1. The maximum absolute atomic E-state index is 13.0. The van der Waals surface area contributed by atoms with E-state index in [2.05, 4.69) is 10.2 Å². The van der Waals surface area contributed by atoms with Crippen molar-refractivity contribution in [2.75, 3.05) is 13.6 Å². The van der Waals surface area contributed by atoms with Gasteiger partial charge >= 0.3 is 0 Å². The van der Waals surface area contributed by atoms with E-state index < -0.39 is 14.9 Å². The fourth-order valence-corrected chi connectivity index (χ4v) is 4.23. The second-order valence-corrected chi connectivity index (χ2v) is 8.97. The number of nitro benzene ring substituents is 1. The number of aromatic amines is 1. The number of sulfonamides is 1. The highest BCUT2D eigenvalue weighted by Gasteiger charge is 2.24. The van der Waals surface area contributed by atoms with Crippen LogP contribution in [0.2, 0.25) is 0 Å². The number of aryl methyl sites for hydroxylation is 2. The van der Waals surface area contributed by atoms with E-state index in [-0.39, 0.29) is 22.9 Å². The molecule has 1 heterocycles. The van der Waals surface area contributed by atoms with Gasteiger partial charge in [-0.05, 0) is 56.2 Å². The highest BCUT2D eigenvalue weighted by atomic mass is 32.2. The molecule has 1 aromatic heterocycles. The molecule has 158 valence electrons. The Hall–Kier alpha value is -3.11. The fraction of sp³-hybridized carbons (Fsp3) is 0.250. The van der Waals surface area contributed by atoms with Crippen LogP contribution >= 0.6 is 0 Å². The average Bonchev–Trinajstić information content (AvgIpc) is 3.17. The van der Waals surface area contributed by atoms with Crippen LogP contribution in [-0.4, -0.2) is 41.4 Å². The molecule has 0 spiro atoms. The second kappa shape index (κ2) is 8.72. The minimum absolute atomic E-state index is 0.109. The molecule has 0 amide bonds. The summed E-state index contributed by atoms with van der Waals surface area (Å²) in [6.45, 7) is 1.79. The minimum atomic E-state index is -3.84. The van der Waals surface area contributed by atoms with E-state index in [4.69, 9.17) is 0 Å². The van der Waals surface area contributed by atoms with Crippen LogP contribution in [0.15, 0.2) is 53.4 Å². The molecule has 3 aromatic rings. The molecule has 30 heavy (non-hydrogen) atoms. The van der Waals surface area contributed by atoms with Gasteiger partial charge in [0.05, 0.1) is 15.5 Å². The number of hydrogen-bond acceptors (Lipinski definition) is 5. The Balaban J connectivity index is 1.63. The first kappa shape index (κ1) is 21.6. The minimum Gasteiger partial charge on any atom is -0.282 e. The maximum Gasteiger partial charge on any atom is 0.273 e. The van der Waals surface area contributed by atoms with Crippen molar-refractivity contribution in [1.29, 1.82) is 0 Å². The first-order valence-corrected chi connectivity index (χ1v) is 10.6. The lowest BCUT2D eigenvalue weighted by molar-refractivity contribution is -0.385. The maximum atomic E-state index is 13.0. The van der Waals surface area contributed by atoms with Crippen molar-refractivity contribution < 1.29 is 17.7 Å². The number of H-pyrrole nitrogens is 1. The van der Waals surface area contributed by atoms with Crippen molar-refractivity contribution in [2.24, 2.45) is 0 Å². The summed E-state index contributed by atoms with van der Waals surface area (Å²) in [4.78, 5) is 10.4.